The fraction of sp³-hybridized carbons (Fsp3) is 0.200. The maximum atomic E-state index is 12.5. The van der Waals surface area contributed by atoms with Gasteiger partial charge in [-0.2, -0.15) is 0 Å². The van der Waals surface area contributed by atoms with Crippen LogP contribution in [-0.4, -0.2) is 18.5 Å². The van der Waals surface area contributed by atoms with Gasteiger partial charge >= 0.3 is 5.97 Å². The average Bonchev–Trinajstić information content (AvgIpc) is 2.79. The minimum absolute atomic E-state index is 0.219. The van der Waals surface area contributed by atoms with E-state index < -0.39 is 0 Å². The standard InChI is InChI=1S/C25H25NO4/c1-2-3-17-29-25(28)21-13-15-22(16-14-21)26-24(27)20-11-9-19(10-12-20)18-30-23-7-5-4-6-8-23/h4-16H,2-3,17-18H2,1H3,(H,26,27). The summed E-state index contributed by atoms with van der Waals surface area (Å²) in [6.45, 7) is 2.89. The van der Waals surface area contributed by atoms with Crippen molar-refractivity contribution in [3.63, 3.8) is 0 Å². The Bertz CT molecular complexity index is 951. The van der Waals surface area contributed by atoms with Crippen LogP contribution >= 0.6 is 0 Å². The second kappa shape index (κ2) is 10.8. The van der Waals surface area contributed by atoms with Gasteiger partial charge in [0.05, 0.1) is 12.2 Å². The summed E-state index contributed by atoms with van der Waals surface area (Å²) in [5, 5.41) is 2.83. The third-order valence-corrected chi connectivity index (χ3v) is 4.47. The van der Waals surface area contributed by atoms with E-state index in [0.717, 1.165) is 24.2 Å². The van der Waals surface area contributed by atoms with Crippen LogP contribution in [0.15, 0.2) is 78.9 Å². The van der Waals surface area contributed by atoms with Gasteiger partial charge < -0.3 is 14.8 Å². The molecule has 3 rings (SSSR count). The van der Waals surface area contributed by atoms with Crippen molar-refractivity contribution in [3.05, 3.63) is 95.6 Å². The number of para-hydroxylation sites is 1. The van der Waals surface area contributed by atoms with Crippen molar-refractivity contribution in [1.82, 2.24) is 0 Å². The number of carbonyl (C=O) groups is 2. The van der Waals surface area contributed by atoms with E-state index in [0.29, 0.717) is 30.0 Å². The Morgan fingerprint density at radius 3 is 2.17 bits per heavy atom. The molecule has 1 N–H and O–H groups in total. The lowest BCUT2D eigenvalue weighted by Gasteiger charge is -2.09. The molecule has 154 valence electrons. The molecule has 5 heteroatoms. The van der Waals surface area contributed by atoms with Gasteiger partial charge in [0.15, 0.2) is 0 Å². The SMILES string of the molecule is CCCCOC(=O)c1ccc(NC(=O)c2ccc(COc3ccccc3)cc2)cc1. The first kappa shape index (κ1) is 21.1. The van der Waals surface area contributed by atoms with Crippen LogP contribution in [0.25, 0.3) is 0 Å². The maximum absolute atomic E-state index is 12.5. The minimum atomic E-state index is -0.352. The lowest BCUT2D eigenvalue weighted by Crippen LogP contribution is -2.12. The maximum Gasteiger partial charge on any atom is 0.338 e. The zero-order valence-electron chi connectivity index (χ0n) is 17.0. The number of hydrogen-bond acceptors (Lipinski definition) is 4. The van der Waals surface area contributed by atoms with E-state index in [1.807, 2.05) is 49.4 Å². The van der Waals surface area contributed by atoms with Crippen LogP contribution in [0.1, 0.15) is 46.0 Å². The zero-order chi connectivity index (χ0) is 21.2. The number of hydrogen-bond donors (Lipinski definition) is 1. The van der Waals surface area contributed by atoms with Gasteiger partial charge in [-0.05, 0) is 60.5 Å². The highest BCUT2D eigenvalue weighted by molar-refractivity contribution is 6.04. The van der Waals surface area contributed by atoms with Crippen molar-refractivity contribution in [1.29, 1.82) is 0 Å². The summed E-state index contributed by atoms with van der Waals surface area (Å²) in [7, 11) is 0. The second-order valence-electron chi connectivity index (χ2n) is 6.82. The van der Waals surface area contributed by atoms with Crippen LogP contribution in [-0.2, 0) is 11.3 Å². The summed E-state index contributed by atoms with van der Waals surface area (Å²) >= 11 is 0. The predicted octanol–water partition coefficient (Wildman–Crippen LogP) is 5.47. The molecule has 0 aliphatic heterocycles. The van der Waals surface area contributed by atoms with Gasteiger partial charge in [-0.25, -0.2) is 4.79 Å². The Hall–Kier alpha value is -3.60. The molecule has 0 heterocycles. The number of ether oxygens (including phenoxy) is 2. The molecule has 0 saturated heterocycles. The molecule has 0 unspecified atom stereocenters. The van der Waals surface area contributed by atoms with E-state index in [4.69, 9.17) is 9.47 Å². The number of nitrogens with one attached hydrogen (secondary N) is 1. The highest BCUT2D eigenvalue weighted by atomic mass is 16.5. The molecular weight excluding hydrogens is 378 g/mol. The highest BCUT2D eigenvalue weighted by Gasteiger charge is 2.09. The molecule has 1 amide bonds. The molecule has 0 bridgehead atoms. The van der Waals surface area contributed by atoms with Gasteiger partial charge in [0.1, 0.15) is 12.4 Å². The topological polar surface area (TPSA) is 64.6 Å². The Morgan fingerprint density at radius 2 is 1.50 bits per heavy atom. The Morgan fingerprint density at radius 1 is 0.833 bits per heavy atom. The molecule has 0 aliphatic rings. The smallest absolute Gasteiger partial charge is 0.338 e. The molecule has 5 nitrogen and oxygen atoms in total. The quantitative estimate of drug-likeness (QED) is 0.380. The number of benzene rings is 3. The average molecular weight is 403 g/mol. The van der Waals surface area contributed by atoms with Crippen molar-refractivity contribution in [3.8, 4) is 5.75 Å². The molecule has 0 fully saturated rings. The highest BCUT2D eigenvalue weighted by Crippen LogP contribution is 2.15. The number of unbranched alkanes of at least 4 members (excludes halogenated alkanes) is 1. The zero-order valence-corrected chi connectivity index (χ0v) is 17.0. The molecular formula is C25H25NO4. The molecule has 30 heavy (non-hydrogen) atoms. The lowest BCUT2D eigenvalue weighted by molar-refractivity contribution is 0.0499. The third-order valence-electron chi connectivity index (χ3n) is 4.47. The second-order valence-corrected chi connectivity index (χ2v) is 6.82. The van der Waals surface area contributed by atoms with E-state index >= 15 is 0 Å². The van der Waals surface area contributed by atoms with Crippen molar-refractivity contribution in [2.75, 3.05) is 11.9 Å². The number of rotatable bonds is 9. The number of esters is 1. The van der Waals surface area contributed by atoms with Gasteiger partial charge in [0.2, 0.25) is 0 Å². The monoisotopic (exact) mass is 403 g/mol. The van der Waals surface area contributed by atoms with Crippen LogP contribution in [0, 0.1) is 0 Å². The Kier molecular flexibility index (Phi) is 7.61. The van der Waals surface area contributed by atoms with Crippen molar-refractivity contribution < 1.29 is 19.1 Å². The fourth-order valence-electron chi connectivity index (χ4n) is 2.72. The molecule has 0 radical (unpaired) electrons. The largest absolute Gasteiger partial charge is 0.489 e. The molecule has 0 aliphatic carbocycles. The van der Waals surface area contributed by atoms with E-state index in [9.17, 15) is 9.59 Å². The van der Waals surface area contributed by atoms with Crippen LogP contribution < -0.4 is 10.1 Å². The molecule has 0 spiro atoms. The molecule has 0 atom stereocenters. The van der Waals surface area contributed by atoms with E-state index in [1.54, 1.807) is 36.4 Å². The van der Waals surface area contributed by atoms with Gasteiger partial charge in [0.25, 0.3) is 5.91 Å². The summed E-state index contributed by atoms with van der Waals surface area (Å²) in [6, 6.07) is 23.5. The summed E-state index contributed by atoms with van der Waals surface area (Å²) < 4.78 is 10.9. The molecule has 0 saturated carbocycles. The number of anilines is 1. The van der Waals surface area contributed by atoms with Crippen LogP contribution in [0.5, 0.6) is 5.75 Å². The van der Waals surface area contributed by atoms with E-state index in [2.05, 4.69) is 5.32 Å². The van der Waals surface area contributed by atoms with Gasteiger partial charge in [-0.1, -0.05) is 43.7 Å². The van der Waals surface area contributed by atoms with Crippen LogP contribution in [0.3, 0.4) is 0 Å². The summed E-state index contributed by atoms with van der Waals surface area (Å²) in [4.78, 5) is 24.4. The fourth-order valence-corrected chi connectivity index (χ4v) is 2.72. The Labute approximate surface area is 176 Å². The lowest BCUT2D eigenvalue weighted by atomic mass is 10.1. The van der Waals surface area contributed by atoms with Crippen molar-refractivity contribution in [2.45, 2.75) is 26.4 Å². The summed E-state index contributed by atoms with van der Waals surface area (Å²) in [6.07, 6.45) is 1.82. The molecule has 3 aromatic carbocycles. The third kappa shape index (κ3) is 6.21. The number of carbonyl (C=O) groups excluding carboxylic acids is 2. The van der Waals surface area contributed by atoms with Crippen molar-refractivity contribution >= 4 is 17.6 Å². The van der Waals surface area contributed by atoms with Crippen LogP contribution in [0.2, 0.25) is 0 Å². The number of amides is 1. The van der Waals surface area contributed by atoms with Crippen molar-refractivity contribution in [2.24, 2.45) is 0 Å². The first-order valence-electron chi connectivity index (χ1n) is 10.0. The van der Waals surface area contributed by atoms with E-state index in [-0.39, 0.29) is 11.9 Å². The normalized spacial score (nSPS) is 10.3. The van der Waals surface area contributed by atoms with Gasteiger partial charge in [-0.15, -0.1) is 0 Å². The molecule has 3 aromatic rings. The van der Waals surface area contributed by atoms with Gasteiger partial charge in [-0.3, -0.25) is 4.79 Å². The summed E-state index contributed by atoms with van der Waals surface area (Å²) in [5.74, 6) is 0.232. The predicted molar refractivity (Wildman–Crippen MR) is 117 cm³/mol. The first-order valence-corrected chi connectivity index (χ1v) is 10.0. The molecule has 0 aromatic heterocycles. The first-order chi connectivity index (χ1) is 14.7. The minimum Gasteiger partial charge on any atom is -0.489 e. The van der Waals surface area contributed by atoms with Gasteiger partial charge in [0, 0.05) is 11.3 Å². The van der Waals surface area contributed by atoms with E-state index in [1.165, 1.54) is 0 Å². The Balaban J connectivity index is 1.52. The summed E-state index contributed by atoms with van der Waals surface area (Å²) in [5.41, 5.74) is 2.59. The van der Waals surface area contributed by atoms with Crippen LogP contribution in [0.4, 0.5) is 5.69 Å².